The monoisotopic (exact) mass is 294 g/mol. The summed E-state index contributed by atoms with van der Waals surface area (Å²) in [5.41, 5.74) is 0.914. The first-order valence-corrected chi connectivity index (χ1v) is 6.80. The van der Waals surface area contributed by atoms with E-state index in [1.54, 1.807) is 0 Å². The molecule has 0 spiro atoms. The maximum absolute atomic E-state index is 4.64. The Morgan fingerprint density at radius 2 is 2.41 bits per heavy atom. The van der Waals surface area contributed by atoms with Crippen LogP contribution in [-0.2, 0) is 0 Å². The lowest BCUT2D eigenvalue weighted by Gasteiger charge is -2.10. The molecule has 0 saturated carbocycles. The number of likely N-dealkylation sites (N-methyl/N-ethyl adjacent to an activating group) is 1. The topological polar surface area (TPSA) is 33.4 Å². The zero-order chi connectivity index (χ0) is 11.8. The summed E-state index contributed by atoms with van der Waals surface area (Å²) in [6.45, 7) is 5.58. The molecule has 0 amide bonds. The van der Waals surface area contributed by atoms with E-state index in [9.17, 15) is 0 Å². The molecule has 0 N–H and O–H groups in total. The highest BCUT2D eigenvalue weighted by atomic mass is 79.9. The molecule has 3 heterocycles. The lowest BCUT2D eigenvalue weighted by Crippen LogP contribution is -2.19. The number of halogens is 1. The van der Waals surface area contributed by atoms with Gasteiger partial charge in [-0.3, -0.25) is 0 Å². The average molecular weight is 295 g/mol. The maximum atomic E-state index is 4.64. The minimum atomic E-state index is 0.488. The van der Waals surface area contributed by atoms with E-state index >= 15 is 0 Å². The van der Waals surface area contributed by atoms with E-state index in [4.69, 9.17) is 0 Å². The summed E-state index contributed by atoms with van der Waals surface area (Å²) in [4.78, 5) is 7.09. The van der Waals surface area contributed by atoms with Crippen LogP contribution in [0.5, 0.6) is 0 Å². The van der Waals surface area contributed by atoms with Crippen LogP contribution in [0.15, 0.2) is 22.8 Å². The van der Waals surface area contributed by atoms with Crippen LogP contribution in [-0.4, -0.2) is 39.1 Å². The van der Waals surface area contributed by atoms with Gasteiger partial charge in [0.1, 0.15) is 0 Å². The van der Waals surface area contributed by atoms with Crippen LogP contribution in [0, 0.1) is 0 Å². The predicted octanol–water partition coefficient (Wildman–Crippen LogP) is 2.30. The van der Waals surface area contributed by atoms with Gasteiger partial charge in [0.15, 0.2) is 11.5 Å². The Kier molecular flexibility index (Phi) is 2.88. The van der Waals surface area contributed by atoms with Gasteiger partial charge in [0, 0.05) is 18.7 Å². The molecule has 5 heteroatoms. The Bertz CT molecular complexity index is 536. The molecule has 1 unspecified atom stereocenters. The fraction of sp³-hybridized carbons (Fsp3) is 0.500. The second-order valence-electron chi connectivity index (χ2n) is 4.47. The molecule has 1 aliphatic heterocycles. The molecular weight excluding hydrogens is 280 g/mol. The molecule has 4 nitrogen and oxygen atoms in total. The smallest absolute Gasteiger partial charge is 0.169 e. The largest absolute Gasteiger partial charge is 0.303 e. The Balaban J connectivity index is 1.94. The van der Waals surface area contributed by atoms with Gasteiger partial charge >= 0.3 is 0 Å². The van der Waals surface area contributed by atoms with E-state index in [1.165, 1.54) is 6.42 Å². The number of hydrogen-bond donors (Lipinski definition) is 0. The number of aromatic nitrogens is 3. The molecule has 1 aliphatic rings. The summed E-state index contributed by atoms with van der Waals surface area (Å²) in [6, 6.07) is 3.98. The molecule has 0 aromatic carbocycles. The number of pyridine rings is 1. The lowest BCUT2D eigenvalue weighted by molar-refractivity contribution is 0.352. The fourth-order valence-electron chi connectivity index (χ4n) is 2.39. The first-order chi connectivity index (χ1) is 8.28. The minimum Gasteiger partial charge on any atom is -0.303 e. The molecule has 0 aliphatic carbocycles. The van der Waals surface area contributed by atoms with Crippen LogP contribution in [0.3, 0.4) is 0 Å². The van der Waals surface area contributed by atoms with Crippen molar-refractivity contribution < 1.29 is 0 Å². The molecule has 0 bridgehead atoms. The Morgan fingerprint density at radius 3 is 3.12 bits per heavy atom. The second-order valence-corrected chi connectivity index (χ2v) is 5.33. The third-order valence-corrected chi connectivity index (χ3v) is 4.03. The van der Waals surface area contributed by atoms with E-state index < -0.39 is 0 Å². The van der Waals surface area contributed by atoms with E-state index in [1.807, 2.05) is 22.8 Å². The predicted molar refractivity (Wildman–Crippen MR) is 70.2 cm³/mol. The normalized spacial score (nSPS) is 21.4. The number of fused-ring (bicyclic) bond motifs is 1. The molecular formula is C12H15BrN4. The molecule has 2 aromatic heterocycles. The summed E-state index contributed by atoms with van der Waals surface area (Å²) in [7, 11) is 0. The van der Waals surface area contributed by atoms with Gasteiger partial charge in [-0.2, -0.15) is 5.10 Å². The molecule has 1 saturated heterocycles. The standard InChI is InChI=1S/C12H15BrN4/c1-2-16-7-5-9(8-16)11-14-12-10(13)4-3-6-17(12)15-11/h3-4,6,9H,2,5,7-8H2,1H3. The van der Waals surface area contributed by atoms with Gasteiger partial charge in [-0.25, -0.2) is 9.50 Å². The van der Waals surface area contributed by atoms with Crippen LogP contribution in [0.1, 0.15) is 25.1 Å². The van der Waals surface area contributed by atoms with Crippen molar-refractivity contribution in [2.24, 2.45) is 0 Å². The van der Waals surface area contributed by atoms with Gasteiger partial charge in [0.05, 0.1) is 4.47 Å². The molecule has 1 atom stereocenters. The van der Waals surface area contributed by atoms with E-state index in [0.717, 1.165) is 35.6 Å². The van der Waals surface area contributed by atoms with Crippen molar-refractivity contribution in [2.75, 3.05) is 19.6 Å². The number of hydrogen-bond acceptors (Lipinski definition) is 3. The van der Waals surface area contributed by atoms with Crippen molar-refractivity contribution in [1.29, 1.82) is 0 Å². The quantitative estimate of drug-likeness (QED) is 0.852. The van der Waals surface area contributed by atoms with Gasteiger partial charge in [0.25, 0.3) is 0 Å². The summed E-state index contributed by atoms with van der Waals surface area (Å²) >= 11 is 3.51. The molecule has 90 valence electrons. The van der Waals surface area contributed by atoms with Crippen LogP contribution >= 0.6 is 15.9 Å². The van der Waals surface area contributed by atoms with Gasteiger partial charge in [-0.15, -0.1) is 0 Å². The number of rotatable bonds is 2. The Morgan fingerprint density at radius 1 is 1.53 bits per heavy atom. The van der Waals surface area contributed by atoms with Crippen LogP contribution in [0.2, 0.25) is 0 Å². The number of nitrogens with zero attached hydrogens (tertiary/aromatic N) is 4. The van der Waals surface area contributed by atoms with E-state index in [0.29, 0.717) is 5.92 Å². The molecule has 17 heavy (non-hydrogen) atoms. The van der Waals surface area contributed by atoms with Crippen molar-refractivity contribution in [3.05, 3.63) is 28.6 Å². The summed E-state index contributed by atoms with van der Waals surface area (Å²) in [6.07, 6.45) is 3.12. The SMILES string of the molecule is CCN1CCC(c2nc3c(Br)cccn3n2)C1. The van der Waals surface area contributed by atoms with Gasteiger partial charge < -0.3 is 4.90 Å². The van der Waals surface area contributed by atoms with Gasteiger partial charge in [-0.05, 0) is 47.6 Å². The van der Waals surface area contributed by atoms with Crippen molar-refractivity contribution in [2.45, 2.75) is 19.3 Å². The van der Waals surface area contributed by atoms with Crippen LogP contribution in [0.4, 0.5) is 0 Å². The second kappa shape index (κ2) is 4.38. The first-order valence-electron chi connectivity index (χ1n) is 6.01. The highest BCUT2D eigenvalue weighted by Crippen LogP contribution is 2.26. The third-order valence-electron chi connectivity index (χ3n) is 3.42. The van der Waals surface area contributed by atoms with E-state index in [-0.39, 0.29) is 0 Å². The Hall–Kier alpha value is -0.940. The maximum Gasteiger partial charge on any atom is 0.169 e. The van der Waals surface area contributed by atoms with Crippen molar-refractivity contribution in [3.8, 4) is 0 Å². The average Bonchev–Trinajstić information content (AvgIpc) is 2.95. The highest BCUT2D eigenvalue weighted by molar-refractivity contribution is 9.10. The summed E-state index contributed by atoms with van der Waals surface area (Å²) < 4.78 is 2.86. The summed E-state index contributed by atoms with van der Waals surface area (Å²) in [5, 5.41) is 4.57. The molecule has 3 rings (SSSR count). The van der Waals surface area contributed by atoms with Gasteiger partial charge in [0.2, 0.25) is 0 Å². The zero-order valence-electron chi connectivity index (χ0n) is 9.80. The van der Waals surface area contributed by atoms with Crippen LogP contribution in [0.25, 0.3) is 5.65 Å². The highest BCUT2D eigenvalue weighted by Gasteiger charge is 2.26. The van der Waals surface area contributed by atoms with E-state index in [2.05, 4.69) is 37.8 Å². The lowest BCUT2D eigenvalue weighted by atomic mass is 10.1. The number of likely N-dealkylation sites (tertiary alicyclic amines) is 1. The fourth-order valence-corrected chi connectivity index (χ4v) is 2.82. The minimum absolute atomic E-state index is 0.488. The first kappa shape index (κ1) is 11.2. The third kappa shape index (κ3) is 1.98. The zero-order valence-corrected chi connectivity index (χ0v) is 11.4. The van der Waals surface area contributed by atoms with Crippen molar-refractivity contribution >= 4 is 21.6 Å². The molecule has 1 fully saturated rings. The van der Waals surface area contributed by atoms with Crippen molar-refractivity contribution in [1.82, 2.24) is 19.5 Å². The Labute approximate surface area is 109 Å². The summed E-state index contributed by atoms with van der Waals surface area (Å²) in [5.74, 6) is 1.47. The van der Waals surface area contributed by atoms with Crippen LogP contribution < -0.4 is 0 Å². The van der Waals surface area contributed by atoms with Gasteiger partial charge in [-0.1, -0.05) is 6.92 Å². The molecule has 0 radical (unpaired) electrons. The van der Waals surface area contributed by atoms with Crippen molar-refractivity contribution in [3.63, 3.8) is 0 Å². The molecule has 2 aromatic rings.